The summed E-state index contributed by atoms with van der Waals surface area (Å²) in [5.74, 6) is -0.223. The molecular formula is C12H12ClFN2S. The van der Waals surface area contributed by atoms with Gasteiger partial charge >= 0.3 is 0 Å². The quantitative estimate of drug-likeness (QED) is 0.921. The molecule has 1 N–H and O–H groups in total. The number of thiazole rings is 1. The van der Waals surface area contributed by atoms with Gasteiger partial charge < -0.3 is 5.32 Å². The van der Waals surface area contributed by atoms with Crippen LogP contribution in [-0.4, -0.2) is 12.0 Å². The third-order valence-electron chi connectivity index (χ3n) is 2.58. The third kappa shape index (κ3) is 3.03. The first-order valence-electron chi connectivity index (χ1n) is 5.20. The minimum absolute atomic E-state index is 0.0652. The van der Waals surface area contributed by atoms with Gasteiger partial charge in [-0.05, 0) is 37.2 Å². The zero-order valence-corrected chi connectivity index (χ0v) is 10.9. The maximum Gasteiger partial charge on any atom is 0.126 e. The van der Waals surface area contributed by atoms with E-state index < -0.39 is 0 Å². The van der Waals surface area contributed by atoms with E-state index in [-0.39, 0.29) is 11.9 Å². The number of hydrogen-bond donors (Lipinski definition) is 1. The number of benzene rings is 1. The number of nitrogens with one attached hydrogen (secondary N) is 1. The van der Waals surface area contributed by atoms with Crippen LogP contribution in [0.2, 0.25) is 5.02 Å². The SMILES string of the molecule is CNC(Cc1cc(Cl)ccc1F)c1cncs1. The number of halogens is 2. The Bertz CT molecular complexity index is 487. The Morgan fingerprint density at radius 2 is 2.35 bits per heavy atom. The molecule has 0 aliphatic heterocycles. The largest absolute Gasteiger partial charge is 0.312 e. The number of likely N-dealkylation sites (N-methyl/N-ethyl adjacent to an activating group) is 1. The molecule has 2 aromatic rings. The molecule has 5 heteroatoms. The summed E-state index contributed by atoms with van der Waals surface area (Å²) >= 11 is 7.43. The van der Waals surface area contributed by atoms with Gasteiger partial charge in [0.2, 0.25) is 0 Å². The molecule has 1 atom stereocenters. The maximum absolute atomic E-state index is 13.6. The summed E-state index contributed by atoms with van der Waals surface area (Å²) in [6.07, 6.45) is 2.36. The number of rotatable bonds is 4. The van der Waals surface area contributed by atoms with Crippen LogP contribution in [0.25, 0.3) is 0 Å². The number of nitrogens with zero attached hydrogens (tertiary/aromatic N) is 1. The van der Waals surface area contributed by atoms with Crippen molar-refractivity contribution in [3.05, 3.63) is 51.2 Å². The van der Waals surface area contributed by atoms with Gasteiger partial charge in [-0.1, -0.05) is 11.6 Å². The highest BCUT2D eigenvalue weighted by Crippen LogP contribution is 2.24. The van der Waals surface area contributed by atoms with Crippen molar-refractivity contribution in [2.75, 3.05) is 7.05 Å². The molecule has 2 nitrogen and oxygen atoms in total. The first-order chi connectivity index (χ1) is 8.20. The maximum atomic E-state index is 13.6. The molecule has 2 rings (SSSR count). The van der Waals surface area contributed by atoms with Crippen LogP contribution in [0.1, 0.15) is 16.5 Å². The molecular weight excluding hydrogens is 259 g/mol. The van der Waals surface area contributed by atoms with Gasteiger partial charge in [0.25, 0.3) is 0 Å². The Balaban J connectivity index is 2.21. The van der Waals surface area contributed by atoms with Crippen molar-refractivity contribution >= 4 is 22.9 Å². The van der Waals surface area contributed by atoms with Crippen molar-refractivity contribution in [2.24, 2.45) is 0 Å². The second kappa shape index (κ2) is 5.58. The molecule has 1 aromatic carbocycles. The van der Waals surface area contributed by atoms with E-state index >= 15 is 0 Å². The Morgan fingerprint density at radius 3 is 3.00 bits per heavy atom. The molecule has 0 amide bonds. The van der Waals surface area contributed by atoms with Gasteiger partial charge in [0, 0.05) is 22.1 Å². The van der Waals surface area contributed by atoms with Crippen molar-refractivity contribution in [3.8, 4) is 0 Å². The van der Waals surface area contributed by atoms with Crippen LogP contribution in [-0.2, 0) is 6.42 Å². The predicted octanol–water partition coefficient (Wildman–Crippen LogP) is 3.44. The molecule has 1 heterocycles. The molecule has 0 aliphatic carbocycles. The lowest BCUT2D eigenvalue weighted by molar-refractivity contribution is 0.559. The van der Waals surface area contributed by atoms with E-state index in [1.165, 1.54) is 6.07 Å². The molecule has 1 unspecified atom stereocenters. The van der Waals surface area contributed by atoms with Gasteiger partial charge in [-0.15, -0.1) is 11.3 Å². The molecule has 0 saturated carbocycles. The van der Waals surface area contributed by atoms with Gasteiger partial charge in [-0.25, -0.2) is 4.39 Å². The average Bonchev–Trinajstić information content (AvgIpc) is 2.84. The summed E-state index contributed by atoms with van der Waals surface area (Å²) in [5.41, 5.74) is 2.39. The van der Waals surface area contributed by atoms with E-state index in [4.69, 9.17) is 11.6 Å². The topological polar surface area (TPSA) is 24.9 Å². The zero-order chi connectivity index (χ0) is 12.3. The van der Waals surface area contributed by atoms with Gasteiger partial charge in [0.05, 0.1) is 5.51 Å². The first-order valence-corrected chi connectivity index (χ1v) is 6.46. The molecule has 0 aliphatic rings. The highest BCUT2D eigenvalue weighted by Gasteiger charge is 2.14. The molecule has 0 radical (unpaired) electrons. The molecule has 17 heavy (non-hydrogen) atoms. The van der Waals surface area contributed by atoms with E-state index in [1.54, 1.807) is 35.2 Å². The molecule has 1 aromatic heterocycles. The Hall–Kier alpha value is -0.970. The van der Waals surface area contributed by atoms with Crippen LogP contribution >= 0.6 is 22.9 Å². The Morgan fingerprint density at radius 1 is 1.53 bits per heavy atom. The molecule has 0 fully saturated rings. The minimum atomic E-state index is -0.223. The Kier molecular flexibility index (Phi) is 4.10. The lowest BCUT2D eigenvalue weighted by atomic mass is 10.0. The van der Waals surface area contributed by atoms with Gasteiger partial charge in [-0.3, -0.25) is 4.98 Å². The van der Waals surface area contributed by atoms with Crippen molar-refractivity contribution in [1.82, 2.24) is 10.3 Å². The molecule has 0 spiro atoms. The second-order valence-electron chi connectivity index (χ2n) is 3.68. The number of aromatic nitrogens is 1. The highest BCUT2D eigenvalue weighted by atomic mass is 35.5. The van der Waals surface area contributed by atoms with E-state index in [0.717, 1.165) is 4.88 Å². The molecule has 90 valence electrons. The molecule has 0 bridgehead atoms. The van der Waals surface area contributed by atoms with Crippen LogP contribution in [0.5, 0.6) is 0 Å². The summed E-state index contributed by atoms with van der Waals surface area (Å²) in [5, 5.41) is 3.72. The summed E-state index contributed by atoms with van der Waals surface area (Å²) in [6, 6.07) is 4.69. The van der Waals surface area contributed by atoms with Crippen molar-refractivity contribution in [1.29, 1.82) is 0 Å². The fourth-order valence-corrected chi connectivity index (χ4v) is 2.59. The fraction of sp³-hybridized carbons (Fsp3) is 0.250. The van der Waals surface area contributed by atoms with Crippen molar-refractivity contribution in [2.45, 2.75) is 12.5 Å². The van der Waals surface area contributed by atoms with Crippen LogP contribution in [0.15, 0.2) is 29.9 Å². The predicted molar refractivity (Wildman–Crippen MR) is 69.0 cm³/mol. The van der Waals surface area contributed by atoms with Crippen molar-refractivity contribution < 1.29 is 4.39 Å². The third-order valence-corrected chi connectivity index (χ3v) is 3.70. The van der Waals surface area contributed by atoms with Crippen LogP contribution in [0.4, 0.5) is 4.39 Å². The van der Waals surface area contributed by atoms with Crippen LogP contribution in [0, 0.1) is 5.82 Å². The van der Waals surface area contributed by atoms with Gasteiger partial charge in [-0.2, -0.15) is 0 Å². The van der Waals surface area contributed by atoms with Gasteiger partial charge in [0.1, 0.15) is 5.82 Å². The van der Waals surface area contributed by atoms with Crippen molar-refractivity contribution in [3.63, 3.8) is 0 Å². The van der Waals surface area contributed by atoms with Crippen LogP contribution < -0.4 is 5.32 Å². The normalized spacial score (nSPS) is 12.6. The fourth-order valence-electron chi connectivity index (χ4n) is 1.66. The summed E-state index contributed by atoms with van der Waals surface area (Å²) < 4.78 is 13.6. The van der Waals surface area contributed by atoms with Crippen LogP contribution in [0.3, 0.4) is 0 Å². The van der Waals surface area contributed by atoms with E-state index in [9.17, 15) is 4.39 Å². The first kappa shape index (κ1) is 12.5. The lowest BCUT2D eigenvalue weighted by Gasteiger charge is -2.14. The van der Waals surface area contributed by atoms with E-state index in [1.807, 2.05) is 7.05 Å². The smallest absolute Gasteiger partial charge is 0.126 e. The second-order valence-corrected chi connectivity index (χ2v) is 5.04. The lowest BCUT2D eigenvalue weighted by Crippen LogP contribution is -2.18. The zero-order valence-electron chi connectivity index (χ0n) is 9.28. The minimum Gasteiger partial charge on any atom is -0.312 e. The highest BCUT2D eigenvalue weighted by molar-refractivity contribution is 7.09. The molecule has 0 saturated heterocycles. The van der Waals surface area contributed by atoms with Gasteiger partial charge in [0.15, 0.2) is 0 Å². The summed E-state index contributed by atoms with van der Waals surface area (Å²) in [6.45, 7) is 0. The average molecular weight is 271 g/mol. The van der Waals surface area contributed by atoms with E-state index in [0.29, 0.717) is 17.0 Å². The number of hydrogen-bond acceptors (Lipinski definition) is 3. The monoisotopic (exact) mass is 270 g/mol. The standard InChI is InChI=1S/C12H12ClFN2S/c1-15-11(12-6-16-7-17-12)5-8-4-9(13)2-3-10(8)14/h2-4,6-7,11,15H,5H2,1H3. The summed E-state index contributed by atoms with van der Waals surface area (Å²) in [4.78, 5) is 5.12. The Labute approximate surface area is 108 Å². The van der Waals surface area contributed by atoms with E-state index in [2.05, 4.69) is 10.3 Å². The summed E-state index contributed by atoms with van der Waals surface area (Å²) in [7, 11) is 1.85.